The third kappa shape index (κ3) is 8.43. The Morgan fingerprint density at radius 3 is 2.40 bits per heavy atom. The number of aromatic nitrogens is 3. The molecule has 9 heteroatoms. The van der Waals surface area contributed by atoms with Crippen molar-refractivity contribution in [3.63, 3.8) is 0 Å². The smallest absolute Gasteiger partial charge is 0.277 e. The predicted octanol–water partition coefficient (Wildman–Crippen LogP) is 4.42. The summed E-state index contributed by atoms with van der Waals surface area (Å²) in [7, 11) is 7.85. The number of carbonyl (C=O) groups excluding carboxylic acids is 1. The molecule has 4 rings (SSSR count). The SMILES string of the molecule is COc1ccccc1.[B]C(CC)c1ccncc1/C=C(\C)CNC(=O)Cn1c(-c2ccccc2)ncc(N)c1=O. The number of para-hydroxylation sites is 1. The topological polar surface area (TPSA) is 112 Å². The van der Waals surface area contributed by atoms with Gasteiger partial charge in [0.2, 0.25) is 5.91 Å². The van der Waals surface area contributed by atoms with E-state index in [-0.39, 0.29) is 24.0 Å². The maximum absolute atomic E-state index is 12.6. The molecule has 3 N–H and O–H groups in total. The molecular formula is C31H34BN5O3. The van der Waals surface area contributed by atoms with Crippen molar-refractivity contribution >= 4 is 25.5 Å². The minimum Gasteiger partial charge on any atom is -0.497 e. The van der Waals surface area contributed by atoms with E-state index in [2.05, 4.69) is 15.3 Å². The zero-order valence-electron chi connectivity index (χ0n) is 23.1. The Labute approximate surface area is 236 Å². The third-order valence-electron chi connectivity index (χ3n) is 6.08. The fourth-order valence-corrected chi connectivity index (χ4v) is 3.88. The second kappa shape index (κ2) is 15.1. The van der Waals surface area contributed by atoms with Crippen molar-refractivity contribution in [3.05, 3.63) is 112 Å². The molecule has 0 fully saturated rings. The molecule has 1 atom stereocenters. The van der Waals surface area contributed by atoms with Gasteiger partial charge in [0.1, 0.15) is 23.8 Å². The highest BCUT2D eigenvalue weighted by molar-refractivity contribution is 6.12. The summed E-state index contributed by atoms with van der Waals surface area (Å²) in [5, 5.41) is 2.85. The molecule has 0 aliphatic heterocycles. The van der Waals surface area contributed by atoms with Gasteiger partial charge in [-0.3, -0.25) is 19.1 Å². The first-order chi connectivity index (χ1) is 19.3. The lowest BCUT2D eigenvalue weighted by molar-refractivity contribution is -0.121. The summed E-state index contributed by atoms with van der Waals surface area (Å²) in [5.74, 6) is 0.903. The summed E-state index contributed by atoms with van der Waals surface area (Å²) in [6, 6.07) is 20.8. The van der Waals surface area contributed by atoms with Gasteiger partial charge in [0.15, 0.2) is 0 Å². The van der Waals surface area contributed by atoms with Gasteiger partial charge < -0.3 is 15.8 Å². The van der Waals surface area contributed by atoms with Gasteiger partial charge in [-0.25, -0.2) is 4.98 Å². The van der Waals surface area contributed by atoms with Crippen molar-refractivity contribution in [1.82, 2.24) is 19.9 Å². The van der Waals surface area contributed by atoms with Crippen LogP contribution < -0.4 is 21.3 Å². The molecule has 8 nitrogen and oxygen atoms in total. The van der Waals surface area contributed by atoms with E-state index in [4.69, 9.17) is 18.3 Å². The number of hydrogen-bond donors (Lipinski definition) is 2. The van der Waals surface area contributed by atoms with Crippen LogP contribution in [0.1, 0.15) is 37.2 Å². The molecule has 0 aliphatic carbocycles. The van der Waals surface area contributed by atoms with Crippen LogP contribution in [0, 0.1) is 0 Å². The molecule has 4 aromatic rings. The highest BCUT2D eigenvalue weighted by Gasteiger charge is 2.14. The fourth-order valence-electron chi connectivity index (χ4n) is 3.88. The highest BCUT2D eigenvalue weighted by Crippen LogP contribution is 2.21. The van der Waals surface area contributed by atoms with Crippen LogP contribution in [0.4, 0.5) is 5.69 Å². The molecule has 40 heavy (non-hydrogen) atoms. The first-order valence-electron chi connectivity index (χ1n) is 13.0. The molecule has 0 saturated carbocycles. The largest absolute Gasteiger partial charge is 0.497 e. The normalized spacial score (nSPS) is 11.6. The van der Waals surface area contributed by atoms with Crippen molar-refractivity contribution in [2.24, 2.45) is 0 Å². The fraction of sp³-hybridized carbons (Fsp3) is 0.226. The zero-order chi connectivity index (χ0) is 28.9. The minimum atomic E-state index is -0.449. The van der Waals surface area contributed by atoms with Crippen molar-refractivity contribution in [2.75, 3.05) is 19.4 Å². The van der Waals surface area contributed by atoms with Gasteiger partial charge in [-0.2, -0.15) is 0 Å². The first-order valence-corrected chi connectivity index (χ1v) is 13.0. The number of ether oxygens (including phenoxy) is 1. The molecule has 1 amide bonds. The van der Waals surface area contributed by atoms with E-state index >= 15 is 0 Å². The van der Waals surface area contributed by atoms with Gasteiger partial charge in [-0.05, 0) is 36.2 Å². The summed E-state index contributed by atoms with van der Waals surface area (Å²) >= 11 is 0. The van der Waals surface area contributed by atoms with Crippen LogP contribution in [0.5, 0.6) is 5.75 Å². The number of methoxy groups -OCH3 is 1. The average molecular weight is 535 g/mol. The summed E-state index contributed by atoms with van der Waals surface area (Å²) in [4.78, 5) is 33.7. The van der Waals surface area contributed by atoms with Gasteiger partial charge in [-0.15, -0.1) is 0 Å². The Kier molecular flexibility index (Phi) is 11.3. The molecule has 204 valence electrons. The lowest BCUT2D eigenvalue weighted by Gasteiger charge is -2.14. The number of amides is 1. The quantitative estimate of drug-likeness (QED) is 0.307. The molecule has 0 saturated heterocycles. The number of hydrogen-bond acceptors (Lipinski definition) is 6. The van der Waals surface area contributed by atoms with Gasteiger partial charge in [-0.1, -0.05) is 79.3 Å². The molecule has 2 aromatic heterocycles. The van der Waals surface area contributed by atoms with E-state index in [9.17, 15) is 9.59 Å². The van der Waals surface area contributed by atoms with Crippen molar-refractivity contribution in [2.45, 2.75) is 32.6 Å². The van der Waals surface area contributed by atoms with Crippen LogP contribution in [0.2, 0.25) is 0 Å². The Balaban J connectivity index is 0.000000472. The van der Waals surface area contributed by atoms with Crippen LogP contribution in [0.15, 0.2) is 95.7 Å². The first kappa shape index (κ1) is 29.9. The monoisotopic (exact) mass is 535 g/mol. The zero-order valence-corrected chi connectivity index (χ0v) is 23.1. The van der Waals surface area contributed by atoms with Crippen LogP contribution in [0.3, 0.4) is 0 Å². The number of anilines is 1. The summed E-state index contributed by atoms with van der Waals surface area (Å²) in [6.07, 6.45) is 7.58. The molecular weight excluding hydrogens is 501 g/mol. The molecule has 2 aromatic carbocycles. The lowest BCUT2D eigenvalue weighted by Crippen LogP contribution is -2.35. The molecule has 0 aliphatic rings. The Hall–Kier alpha value is -4.66. The molecule has 0 spiro atoms. The lowest BCUT2D eigenvalue weighted by atomic mass is 9.77. The number of nitrogens with one attached hydrogen (secondary N) is 1. The predicted molar refractivity (Wildman–Crippen MR) is 161 cm³/mol. The van der Waals surface area contributed by atoms with Gasteiger partial charge in [0, 0.05) is 24.5 Å². The third-order valence-corrected chi connectivity index (χ3v) is 6.08. The average Bonchev–Trinajstić information content (AvgIpc) is 2.99. The minimum absolute atomic E-state index is 0.00933. The second-order valence-electron chi connectivity index (χ2n) is 9.10. The Morgan fingerprint density at radius 1 is 1.10 bits per heavy atom. The molecule has 2 radical (unpaired) electrons. The number of benzene rings is 2. The van der Waals surface area contributed by atoms with Gasteiger partial charge in [0.05, 0.1) is 21.2 Å². The number of pyridine rings is 1. The Morgan fingerprint density at radius 2 is 1.77 bits per heavy atom. The summed E-state index contributed by atoms with van der Waals surface area (Å²) in [6.45, 7) is 4.08. The van der Waals surface area contributed by atoms with Crippen LogP contribution in [0.25, 0.3) is 17.5 Å². The molecule has 1 unspecified atom stereocenters. The van der Waals surface area contributed by atoms with Crippen LogP contribution >= 0.6 is 0 Å². The number of nitrogen functional groups attached to an aromatic ring is 1. The standard InChI is InChI=1S/C24H26BN5O2.C7H8O/c1-3-20(25)19-9-10-27-13-18(19)11-16(2)12-28-22(31)15-30-23(17-7-5-4-6-8-17)29-14-21(26)24(30)32;1-8-7-5-3-2-4-6-7/h4-11,13-14,20H,3,12,15,26H2,1-2H3,(H,28,31);2-6H,1H3/b16-11+;. The van der Waals surface area contributed by atoms with Crippen molar-refractivity contribution in [3.8, 4) is 17.1 Å². The second-order valence-corrected chi connectivity index (χ2v) is 9.10. The number of carbonyl (C=O) groups is 1. The highest BCUT2D eigenvalue weighted by atomic mass is 16.5. The van der Waals surface area contributed by atoms with Gasteiger partial charge in [0.25, 0.3) is 5.56 Å². The Bertz CT molecular complexity index is 1470. The van der Waals surface area contributed by atoms with E-state index in [0.29, 0.717) is 12.4 Å². The van der Waals surface area contributed by atoms with Crippen LogP contribution in [-0.2, 0) is 11.3 Å². The summed E-state index contributed by atoms with van der Waals surface area (Å²) in [5.41, 5.74) is 8.88. The van der Waals surface area contributed by atoms with E-state index < -0.39 is 5.56 Å². The maximum Gasteiger partial charge on any atom is 0.277 e. The van der Waals surface area contributed by atoms with E-state index in [1.807, 2.05) is 86.7 Å². The van der Waals surface area contributed by atoms with Crippen molar-refractivity contribution < 1.29 is 9.53 Å². The van der Waals surface area contributed by atoms with Crippen LogP contribution in [-0.4, -0.2) is 41.9 Å². The van der Waals surface area contributed by atoms with E-state index in [1.54, 1.807) is 19.5 Å². The van der Waals surface area contributed by atoms with Crippen molar-refractivity contribution in [1.29, 1.82) is 0 Å². The molecule has 2 heterocycles. The maximum atomic E-state index is 12.6. The molecule has 0 bridgehead atoms. The van der Waals surface area contributed by atoms with E-state index in [1.165, 1.54) is 10.8 Å². The van der Waals surface area contributed by atoms with Gasteiger partial charge >= 0.3 is 0 Å². The number of nitrogens with two attached hydrogens (primary N) is 1. The summed E-state index contributed by atoms with van der Waals surface area (Å²) < 4.78 is 6.20. The number of nitrogens with zero attached hydrogens (tertiary/aromatic N) is 3. The van der Waals surface area contributed by atoms with E-state index in [0.717, 1.165) is 34.4 Å². The number of rotatable bonds is 9.